The maximum absolute atomic E-state index is 8.02. The second-order valence-electron chi connectivity index (χ2n) is 4.70. The summed E-state index contributed by atoms with van der Waals surface area (Å²) in [6.07, 6.45) is 3.15. The molecule has 0 bridgehead atoms. The van der Waals surface area contributed by atoms with E-state index in [0.29, 0.717) is 41.2 Å². The Morgan fingerprint density at radius 2 is 1.61 bits per heavy atom. The number of nitrogens with one attached hydrogen (secondary N) is 2. The largest absolute Gasteiger partial charge is 0.477 e. The van der Waals surface area contributed by atoms with E-state index in [1.165, 1.54) is 0 Å². The van der Waals surface area contributed by atoms with Crippen molar-refractivity contribution in [2.24, 2.45) is 0 Å². The van der Waals surface area contributed by atoms with Crippen LogP contribution in [0.1, 0.15) is 25.2 Å². The molecule has 118 valence electrons. The first-order valence-electron chi connectivity index (χ1n) is 7.27. The van der Waals surface area contributed by atoms with Gasteiger partial charge in [-0.25, -0.2) is 4.98 Å². The van der Waals surface area contributed by atoms with Gasteiger partial charge < -0.3 is 13.9 Å². The minimum absolute atomic E-state index is 0.0148. The Bertz CT molecular complexity index is 901. The van der Waals surface area contributed by atoms with Crippen molar-refractivity contribution in [3.05, 3.63) is 35.9 Å². The van der Waals surface area contributed by atoms with Gasteiger partial charge >= 0.3 is 0 Å². The fourth-order valence-electron chi connectivity index (χ4n) is 2.41. The molecule has 0 radical (unpaired) electrons. The van der Waals surface area contributed by atoms with Gasteiger partial charge in [0.1, 0.15) is 11.3 Å². The van der Waals surface area contributed by atoms with Crippen LogP contribution < -0.4 is 0 Å². The fourth-order valence-corrected chi connectivity index (χ4v) is 2.41. The molecule has 0 aliphatic rings. The van der Waals surface area contributed by atoms with E-state index in [-0.39, 0.29) is 11.8 Å². The van der Waals surface area contributed by atoms with E-state index in [1.54, 1.807) is 31.5 Å². The summed E-state index contributed by atoms with van der Waals surface area (Å²) in [7, 11) is 0. The molecule has 0 aliphatic carbocycles. The molecule has 3 rings (SSSR count). The first kappa shape index (κ1) is 15.0. The Kier molecular flexibility index (Phi) is 3.92. The molecule has 3 aromatic heterocycles. The predicted octanol–water partition coefficient (Wildman–Crippen LogP) is 3.10. The Morgan fingerprint density at radius 1 is 1.00 bits per heavy atom. The van der Waals surface area contributed by atoms with Crippen LogP contribution >= 0.6 is 0 Å². The van der Waals surface area contributed by atoms with E-state index in [1.807, 2.05) is 6.92 Å². The van der Waals surface area contributed by atoms with Crippen molar-refractivity contribution >= 4 is 33.7 Å². The Hall–Kier alpha value is -2.96. The molecular formula is C16H16N4O3. The quantitative estimate of drug-likeness (QED) is 0.569. The van der Waals surface area contributed by atoms with Crippen molar-refractivity contribution in [2.75, 3.05) is 13.2 Å². The average Bonchev–Trinajstić information content (AvgIpc) is 2.93. The van der Waals surface area contributed by atoms with Crippen molar-refractivity contribution in [1.29, 1.82) is 10.8 Å². The zero-order valence-electron chi connectivity index (χ0n) is 12.8. The van der Waals surface area contributed by atoms with Crippen molar-refractivity contribution < 1.29 is 13.9 Å². The third kappa shape index (κ3) is 2.50. The van der Waals surface area contributed by atoms with Gasteiger partial charge in [0, 0.05) is 17.8 Å². The number of pyridine rings is 2. The topological polar surface area (TPSA) is 105 Å². The van der Waals surface area contributed by atoms with Gasteiger partial charge in [-0.05, 0) is 26.0 Å². The van der Waals surface area contributed by atoms with Crippen molar-refractivity contribution in [3.8, 4) is 0 Å². The Balaban J connectivity index is 2.28. The summed E-state index contributed by atoms with van der Waals surface area (Å²) in [6, 6.07) is 3.49. The predicted molar refractivity (Wildman–Crippen MR) is 86.2 cm³/mol. The number of ether oxygens (including phenoxy) is 2. The maximum Gasteiger partial charge on any atom is 0.236 e. The van der Waals surface area contributed by atoms with Gasteiger partial charge in [-0.3, -0.25) is 15.8 Å². The Labute approximate surface area is 132 Å². The average molecular weight is 312 g/mol. The molecule has 0 aliphatic heterocycles. The number of rotatable bonds is 4. The molecule has 7 nitrogen and oxygen atoms in total. The monoisotopic (exact) mass is 312 g/mol. The van der Waals surface area contributed by atoms with Crippen molar-refractivity contribution in [1.82, 2.24) is 9.97 Å². The van der Waals surface area contributed by atoms with Crippen LogP contribution in [0.4, 0.5) is 0 Å². The zero-order valence-corrected chi connectivity index (χ0v) is 12.8. The number of nitrogens with zero attached hydrogens (tertiary/aromatic N) is 2. The number of fused-ring (bicyclic) bond motifs is 3. The summed E-state index contributed by atoms with van der Waals surface area (Å²) in [5.41, 5.74) is 1.74. The van der Waals surface area contributed by atoms with Crippen LogP contribution in [-0.4, -0.2) is 35.0 Å². The first-order valence-corrected chi connectivity index (χ1v) is 7.27. The van der Waals surface area contributed by atoms with Crippen LogP contribution in [0.3, 0.4) is 0 Å². The summed E-state index contributed by atoms with van der Waals surface area (Å²) in [5.74, 6) is -0.0643. The summed E-state index contributed by atoms with van der Waals surface area (Å²) in [6.45, 7) is 4.37. The van der Waals surface area contributed by atoms with Gasteiger partial charge in [-0.15, -0.1) is 0 Å². The second kappa shape index (κ2) is 6.04. The van der Waals surface area contributed by atoms with Gasteiger partial charge in [-0.2, -0.15) is 0 Å². The molecule has 0 spiro atoms. The van der Waals surface area contributed by atoms with Crippen molar-refractivity contribution in [2.45, 2.75) is 13.8 Å². The third-order valence-corrected chi connectivity index (χ3v) is 3.31. The van der Waals surface area contributed by atoms with Gasteiger partial charge in [0.15, 0.2) is 11.3 Å². The van der Waals surface area contributed by atoms with Crippen LogP contribution in [0, 0.1) is 10.8 Å². The standard InChI is InChI=1S/C16H16N4O3/c1-3-21-15(17)12-11-9-5-7-20-13(16(18)22-4-2)14(9)23-10(11)6-8-19-12/h5-8,17-18H,3-4H2,1-2H3. The van der Waals surface area contributed by atoms with E-state index in [2.05, 4.69) is 9.97 Å². The Morgan fingerprint density at radius 3 is 2.30 bits per heavy atom. The van der Waals surface area contributed by atoms with Crippen LogP contribution in [-0.2, 0) is 9.47 Å². The third-order valence-electron chi connectivity index (χ3n) is 3.31. The van der Waals surface area contributed by atoms with Gasteiger partial charge in [0.25, 0.3) is 0 Å². The SMILES string of the molecule is CCOC(=N)c1nccc2c1oc1ccnc(C(=N)OCC)c12. The highest BCUT2D eigenvalue weighted by Gasteiger charge is 2.20. The molecule has 0 fully saturated rings. The van der Waals surface area contributed by atoms with Crippen LogP contribution in [0.2, 0.25) is 0 Å². The van der Waals surface area contributed by atoms with Crippen LogP contribution in [0.25, 0.3) is 21.9 Å². The number of hydrogen-bond acceptors (Lipinski definition) is 7. The summed E-state index contributed by atoms with van der Waals surface area (Å²) >= 11 is 0. The van der Waals surface area contributed by atoms with E-state index >= 15 is 0 Å². The summed E-state index contributed by atoms with van der Waals surface area (Å²) in [4.78, 5) is 8.43. The molecule has 0 amide bonds. The molecular weight excluding hydrogens is 296 g/mol. The van der Waals surface area contributed by atoms with Gasteiger partial charge in [0.2, 0.25) is 11.8 Å². The second-order valence-corrected chi connectivity index (χ2v) is 4.70. The molecule has 0 aromatic carbocycles. The normalized spacial score (nSPS) is 10.9. The lowest BCUT2D eigenvalue weighted by Crippen LogP contribution is -2.08. The summed E-state index contributed by atoms with van der Waals surface area (Å²) < 4.78 is 16.3. The summed E-state index contributed by atoms with van der Waals surface area (Å²) in [5, 5.41) is 17.4. The highest BCUT2D eigenvalue weighted by atomic mass is 16.5. The lowest BCUT2D eigenvalue weighted by molar-refractivity contribution is 0.324. The molecule has 3 aromatic rings. The maximum atomic E-state index is 8.02. The van der Waals surface area contributed by atoms with Gasteiger partial charge in [0.05, 0.1) is 18.6 Å². The van der Waals surface area contributed by atoms with E-state index in [0.717, 1.165) is 5.39 Å². The fraction of sp³-hybridized carbons (Fsp3) is 0.250. The minimum atomic E-state index is -0.0495. The van der Waals surface area contributed by atoms with E-state index in [9.17, 15) is 0 Å². The number of aromatic nitrogens is 2. The molecule has 0 saturated carbocycles. The zero-order chi connectivity index (χ0) is 16.4. The molecule has 2 N–H and O–H groups in total. The van der Waals surface area contributed by atoms with Gasteiger partial charge in [-0.1, -0.05) is 0 Å². The lowest BCUT2D eigenvalue weighted by Gasteiger charge is -2.05. The molecule has 7 heteroatoms. The molecule has 0 saturated heterocycles. The smallest absolute Gasteiger partial charge is 0.236 e. The number of furan rings is 1. The van der Waals surface area contributed by atoms with Crippen molar-refractivity contribution in [3.63, 3.8) is 0 Å². The highest BCUT2D eigenvalue weighted by Crippen LogP contribution is 2.32. The van der Waals surface area contributed by atoms with Crippen LogP contribution in [0.15, 0.2) is 28.9 Å². The lowest BCUT2D eigenvalue weighted by atomic mass is 10.1. The van der Waals surface area contributed by atoms with E-state index in [4.69, 9.17) is 24.7 Å². The molecule has 23 heavy (non-hydrogen) atoms. The molecule has 0 unspecified atom stereocenters. The molecule has 3 heterocycles. The number of hydrogen-bond donors (Lipinski definition) is 2. The minimum Gasteiger partial charge on any atom is -0.477 e. The highest BCUT2D eigenvalue weighted by molar-refractivity contribution is 6.17. The first-order chi connectivity index (χ1) is 11.2. The molecule has 0 atom stereocenters. The van der Waals surface area contributed by atoms with E-state index < -0.39 is 0 Å². The van der Waals surface area contributed by atoms with Crippen LogP contribution in [0.5, 0.6) is 0 Å².